The molecule has 2 heterocycles. The average molecular weight is 405 g/mol. The zero-order valence-electron chi connectivity index (χ0n) is 12.7. The molecule has 3 aromatic rings. The Morgan fingerprint density at radius 1 is 1.29 bits per heavy atom. The molecule has 2 aromatic heterocycles. The Balaban J connectivity index is 1.65. The third kappa shape index (κ3) is 3.98. The fourth-order valence-electron chi connectivity index (χ4n) is 1.98. The highest BCUT2D eigenvalue weighted by Crippen LogP contribution is 2.20. The zero-order chi connectivity index (χ0) is 16.9. The van der Waals surface area contributed by atoms with Crippen LogP contribution in [0, 0.1) is 6.92 Å². The molecule has 24 heavy (non-hydrogen) atoms. The van der Waals surface area contributed by atoms with Gasteiger partial charge in [0.15, 0.2) is 0 Å². The van der Waals surface area contributed by atoms with E-state index >= 15 is 0 Å². The van der Waals surface area contributed by atoms with E-state index in [9.17, 15) is 4.79 Å². The summed E-state index contributed by atoms with van der Waals surface area (Å²) in [4.78, 5) is 16.2. The second-order valence-corrected chi connectivity index (χ2v) is 6.72. The molecule has 0 bridgehead atoms. The first-order valence-corrected chi connectivity index (χ1v) is 8.80. The number of carbonyl (C=O) groups is 1. The summed E-state index contributed by atoms with van der Waals surface area (Å²) < 4.78 is 2.48. The first-order chi connectivity index (χ1) is 11.6. The van der Waals surface area contributed by atoms with Crippen LogP contribution in [0.1, 0.15) is 5.56 Å². The van der Waals surface area contributed by atoms with Crippen LogP contribution in [-0.2, 0) is 4.79 Å². The summed E-state index contributed by atoms with van der Waals surface area (Å²) in [6, 6.07) is 11.3. The molecule has 0 aliphatic heterocycles. The smallest absolute Gasteiger partial charge is 0.236 e. The average Bonchev–Trinajstić information content (AvgIpc) is 3.04. The second kappa shape index (κ2) is 7.54. The fraction of sp³-hybridized carbons (Fsp3) is 0.133. The van der Waals surface area contributed by atoms with Gasteiger partial charge in [0.05, 0.1) is 11.4 Å². The molecule has 0 aliphatic rings. The molecule has 0 saturated carbocycles. The molecule has 1 amide bonds. The number of hydrogen-bond acceptors (Lipinski definition) is 6. The Morgan fingerprint density at radius 3 is 2.88 bits per heavy atom. The highest BCUT2D eigenvalue weighted by atomic mass is 79.9. The number of nitrogens with zero attached hydrogens (tertiary/aromatic N) is 5. The van der Waals surface area contributed by atoms with Crippen LogP contribution in [0.25, 0.3) is 5.69 Å². The molecule has 7 nitrogen and oxygen atoms in total. The number of benzene rings is 1. The fourth-order valence-corrected chi connectivity index (χ4v) is 2.90. The molecule has 0 spiro atoms. The van der Waals surface area contributed by atoms with Crippen molar-refractivity contribution in [3.63, 3.8) is 0 Å². The molecule has 0 radical (unpaired) electrons. The predicted molar refractivity (Wildman–Crippen MR) is 95.2 cm³/mol. The van der Waals surface area contributed by atoms with Gasteiger partial charge in [0.1, 0.15) is 5.82 Å². The quantitative estimate of drug-likeness (QED) is 0.657. The monoisotopic (exact) mass is 404 g/mol. The van der Waals surface area contributed by atoms with Crippen molar-refractivity contribution < 1.29 is 4.79 Å². The Labute approximate surface area is 151 Å². The largest absolute Gasteiger partial charge is 0.310 e. The van der Waals surface area contributed by atoms with Gasteiger partial charge in [-0.15, -0.1) is 5.10 Å². The van der Waals surface area contributed by atoms with Crippen LogP contribution in [0.2, 0.25) is 0 Å². The van der Waals surface area contributed by atoms with E-state index in [0.717, 1.165) is 15.7 Å². The lowest BCUT2D eigenvalue weighted by Gasteiger charge is -2.07. The molecule has 9 heteroatoms. The van der Waals surface area contributed by atoms with E-state index in [4.69, 9.17) is 0 Å². The number of carbonyl (C=O) groups excluding carboxylic acids is 1. The Morgan fingerprint density at radius 2 is 2.12 bits per heavy atom. The molecule has 0 saturated heterocycles. The minimum absolute atomic E-state index is 0.172. The lowest BCUT2D eigenvalue weighted by Crippen LogP contribution is -2.15. The molecule has 122 valence electrons. The summed E-state index contributed by atoms with van der Waals surface area (Å²) in [5, 5.41) is 15.0. The van der Waals surface area contributed by atoms with Crippen LogP contribution >= 0.6 is 27.7 Å². The maximum Gasteiger partial charge on any atom is 0.236 e. The lowest BCUT2D eigenvalue weighted by atomic mass is 10.2. The molecule has 0 aliphatic carbocycles. The summed E-state index contributed by atoms with van der Waals surface area (Å²) in [5.74, 6) is 0.515. The van der Waals surface area contributed by atoms with Gasteiger partial charge < -0.3 is 5.32 Å². The van der Waals surface area contributed by atoms with Crippen LogP contribution in [-0.4, -0.2) is 36.9 Å². The van der Waals surface area contributed by atoms with Gasteiger partial charge in [0.2, 0.25) is 11.1 Å². The van der Waals surface area contributed by atoms with Gasteiger partial charge in [0.25, 0.3) is 0 Å². The molecule has 0 fully saturated rings. The summed E-state index contributed by atoms with van der Waals surface area (Å²) in [7, 11) is 0. The van der Waals surface area contributed by atoms with Crippen LogP contribution in [0.3, 0.4) is 0 Å². The predicted octanol–water partition coefficient (Wildman–Crippen LogP) is 2.86. The molecule has 0 atom stereocenters. The number of tetrazole rings is 1. The Bertz CT molecular complexity index is 851. The lowest BCUT2D eigenvalue weighted by molar-refractivity contribution is -0.113. The summed E-state index contributed by atoms with van der Waals surface area (Å²) in [6.45, 7) is 1.98. The van der Waals surface area contributed by atoms with Crippen molar-refractivity contribution in [1.29, 1.82) is 0 Å². The molecule has 1 aromatic carbocycles. The number of aromatic nitrogens is 5. The van der Waals surface area contributed by atoms with E-state index in [1.807, 2.05) is 37.3 Å². The first kappa shape index (κ1) is 16.6. The van der Waals surface area contributed by atoms with Crippen LogP contribution in [0.15, 0.2) is 52.2 Å². The van der Waals surface area contributed by atoms with Gasteiger partial charge in [-0.25, -0.2) is 4.98 Å². The number of hydrogen-bond donors (Lipinski definition) is 1. The number of anilines is 1. The maximum atomic E-state index is 12.0. The van der Waals surface area contributed by atoms with Crippen molar-refractivity contribution in [3.8, 4) is 5.69 Å². The van der Waals surface area contributed by atoms with Crippen LogP contribution in [0.5, 0.6) is 0 Å². The number of thioether (sulfide) groups is 1. The summed E-state index contributed by atoms with van der Waals surface area (Å²) in [6.07, 6.45) is 1.63. The zero-order valence-corrected chi connectivity index (χ0v) is 15.1. The van der Waals surface area contributed by atoms with Gasteiger partial charge in [0, 0.05) is 10.7 Å². The minimum atomic E-state index is -0.172. The molecular formula is C15H13BrN6OS. The minimum Gasteiger partial charge on any atom is -0.310 e. The first-order valence-electron chi connectivity index (χ1n) is 7.02. The van der Waals surface area contributed by atoms with E-state index in [1.54, 1.807) is 16.9 Å². The number of nitrogens with one attached hydrogen (secondary N) is 1. The SMILES string of the molecule is Cc1ccccc1-n1nnnc1SCC(=O)Nc1ccc(Br)cn1. The van der Waals surface area contributed by atoms with Gasteiger partial charge in [-0.2, -0.15) is 4.68 Å². The molecule has 0 unspecified atom stereocenters. The van der Waals surface area contributed by atoms with E-state index in [0.29, 0.717) is 11.0 Å². The van der Waals surface area contributed by atoms with Gasteiger partial charge >= 0.3 is 0 Å². The molecule has 3 rings (SSSR count). The Kier molecular flexibility index (Phi) is 5.21. The normalized spacial score (nSPS) is 10.6. The topological polar surface area (TPSA) is 85.6 Å². The van der Waals surface area contributed by atoms with Crippen molar-refractivity contribution in [2.45, 2.75) is 12.1 Å². The number of amides is 1. The van der Waals surface area contributed by atoms with Gasteiger partial charge in [-0.3, -0.25) is 4.79 Å². The number of aryl methyl sites for hydroxylation is 1. The van der Waals surface area contributed by atoms with E-state index in [2.05, 4.69) is 41.8 Å². The van der Waals surface area contributed by atoms with E-state index < -0.39 is 0 Å². The molecule has 1 N–H and O–H groups in total. The standard InChI is InChI=1S/C15H13BrN6OS/c1-10-4-2-3-5-12(10)22-15(19-20-21-22)24-9-14(23)18-13-7-6-11(16)8-17-13/h2-8H,9H2,1H3,(H,17,18,23). The van der Waals surface area contributed by atoms with Crippen molar-refractivity contribution in [1.82, 2.24) is 25.2 Å². The number of halogens is 1. The van der Waals surface area contributed by atoms with Crippen molar-refractivity contribution >= 4 is 39.4 Å². The van der Waals surface area contributed by atoms with Gasteiger partial charge in [-0.05, 0) is 57.0 Å². The highest BCUT2D eigenvalue weighted by molar-refractivity contribution is 9.10. The Hall–Kier alpha value is -2.26. The number of para-hydroxylation sites is 1. The maximum absolute atomic E-state index is 12.0. The number of rotatable bonds is 5. The highest BCUT2D eigenvalue weighted by Gasteiger charge is 2.13. The van der Waals surface area contributed by atoms with Crippen molar-refractivity contribution in [2.75, 3.05) is 11.1 Å². The third-order valence-electron chi connectivity index (χ3n) is 3.11. The van der Waals surface area contributed by atoms with Crippen molar-refractivity contribution in [3.05, 3.63) is 52.6 Å². The summed E-state index contributed by atoms with van der Waals surface area (Å²) >= 11 is 4.57. The van der Waals surface area contributed by atoms with Crippen molar-refractivity contribution in [2.24, 2.45) is 0 Å². The van der Waals surface area contributed by atoms with Crippen LogP contribution in [0.4, 0.5) is 5.82 Å². The van der Waals surface area contributed by atoms with E-state index in [1.165, 1.54) is 11.8 Å². The third-order valence-corrected chi connectivity index (χ3v) is 4.50. The number of pyridine rings is 1. The van der Waals surface area contributed by atoms with Crippen LogP contribution < -0.4 is 5.32 Å². The molecular weight excluding hydrogens is 392 g/mol. The summed E-state index contributed by atoms with van der Waals surface area (Å²) in [5.41, 5.74) is 1.94. The van der Waals surface area contributed by atoms with E-state index in [-0.39, 0.29) is 11.7 Å². The van der Waals surface area contributed by atoms with Gasteiger partial charge in [-0.1, -0.05) is 30.0 Å². The second-order valence-electron chi connectivity index (χ2n) is 4.86.